The number of hydrogen-bond donors (Lipinski definition) is 5. The third-order valence-corrected chi connectivity index (χ3v) is 3.82. The predicted octanol–water partition coefficient (Wildman–Crippen LogP) is 0.363. The highest BCUT2D eigenvalue weighted by atomic mass is 16.4. The van der Waals surface area contributed by atoms with Crippen LogP contribution in [-0.2, 0) is 9.59 Å². The molecule has 0 bridgehead atoms. The van der Waals surface area contributed by atoms with E-state index in [4.69, 9.17) is 27.4 Å². The highest BCUT2D eigenvalue weighted by Crippen LogP contribution is 2.27. The first kappa shape index (κ1) is 19.8. The van der Waals surface area contributed by atoms with Crippen LogP contribution in [0.1, 0.15) is 44.9 Å². The van der Waals surface area contributed by atoms with Gasteiger partial charge in [0, 0.05) is 0 Å². The SMILES string of the molecule is NCCCC[C@H](N)C(=O)O.NC[C@H]1CC[C@H](C(=O)O)CC1. The van der Waals surface area contributed by atoms with Gasteiger partial charge >= 0.3 is 11.9 Å². The molecule has 1 saturated carbocycles. The van der Waals surface area contributed by atoms with Crippen LogP contribution in [0.2, 0.25) is 0 Å². The lowest BCUT2D eigenvalue weighted by atomic mass is 9.82. The zero-order valence-electron chi connectivity index (χ0n) is 12.5. The molecule has 7 heteroatoms. The number of carboxylic acid groups (broad SMARTS) is 2. The van der Waals surface area contributed by atoms with Gasteiger partial charge in [0.2, 0.25) is 0 Å². The molecule has 0 unspecified atom stereocenters. The number of carbonyl (C=O) groups is 2. The van der Waals surface area contributed by atoms with E-state index in [0.29, 0.717) is 25.4 Å². The summed E-state index contributed by atoms with van der Waals surface area (Å²) < 4.78 is 0. The number of nitrogens with two attached hydrogens (primary N) is 3. The Labute approximate surface area is 125 Å². The first-order chi connectivity index (χ1) is 9.92. The van der Waals surface area contributed by atoms with Crippen LogP contribution in [0.5, 0.6) is 0 Å². The number of hydrogen-bond acceptors (Lipinski definition) is 5. The molecule has 0 aromatic heterocycles. The summed E-state index contributed by atoms with van der Waals surface area (Å²) in [6, 6.07) is -0.716. The second kappa shape index (κ2) is 11.5. The molecule has 0 aromatic rings. The minimum Gasteiger partial charge on any atom is -0.481 e. The number of aliphatic carboxylic acids is 2. The summed E-state index contributed by atoms with van der Waals surface area (Å²) in [5, 5.41) is 17.0. The molecule has 0 aromatic carbocycles. The molecule has 124 valence electrons. The van der Waals surface area contributed by atoms with Crippen molar-refractivity contribution in [1.82, 2.24) is 0 Å². The molecule has 8 N–H and O–H groups in total. The van der Waals surface area contributed by atoms with Gasteiger partial charge in [0.15, 0.2) is 0 Å². The van der Waals surface area contributed by atoms with Crippen molar-refractivity contribution in [3.05, 3.63) is 0 Å². The summed E-state index contributed by atoms with van der Waals surface area (Å²) in [4.78, 5) is 20.7. The van der Waals surface area contributed by atoms with Crippen molar-refractivity contribution in [2.24, 2.45) is 29.0 Å². The van der Waals surface area contributed by atoms with E-state index >= 15 is 0 Å². The second-order valence-electron chi connectivity index (χ2n) is 5.52. The van der Waals surface area contributed by atoms with Crippen LogP contribution in [0, 0.1) is 11.8 Å². The second-order valence-corrected chi connectivity index (χ2v) is 5.52. The number of rotatable bonds is 7. The lowest BCUT2D eigenvalue weighted by molar-refractivity contribution is -0.143. The van der Waals surface area contributed by atoms with Gasteiger partial charge in [-0.2, -0.15) is 0 Å². The van der Waals surface area contributed by atoms with E-state index in [9.17, 15) is 9.59 Å². The summed E-state index contributed by atoms with van der Waals surface area (Å²) >= 11 is 0. The number of unbranched alkanes of at least 4 members (excludes halogenated alkanes) is 1. The van der Waals surface area contributed by atoms with Crippen LogP contribution in [0.15, 0.2) is 0 Å². The summed E-state index contributed by atoms with van der Waals surface area (Å²) in [5.41, 5.74) is 15.9. The third-order valence-electron chi connectivity index (χ3n) is 3.82. The summed E-state index contributed by atoms with van der Waals surface area (Å²) in [6.45, 7) is 1.32. The van der Waals surface area contributed by atoms with Crippen LogP contribution >= 0.6 is 0 Å². The summed E-state index contributed by atoms with van der Waals surface area (Å²) in [6.07, 6.45) is 5.78. The molecule has 0 aliphatic heterocycles. The lowest BCUT2D eigenvalue weighted by Gasteiger charge is -2.24. The topological polar surface area (TPSA) is 153 Å². The zero-order chi connectivity index (χ0) is 16.3. The predicted molar refractivity (Wildman–Crippen MR) is 80.7 cm³/mol. The fourth-order valence-corrected chi connectivity index (χ4v) is 2.28. The average Bonchev–Trinajstić information content (AvgIpc) is 2.48. The Morgan fingerprint density at radius 2 is 1.62 bits per heavy atom. The molecule has 7 nitrogen and oxygen atoms in total. The first-order valence-corrected chi connectivity index (χ1v) is 7.53. The highest BCUT2D eigenvalue weighted by Gasteiger charge is 2.24. The van der Waals surface area contributed by atoms with Crippen molar-refractivity contribution in [3.8, 4) is 0 Å². The Morgan fingerprint density at radius 1 is 1.05 bits per heavy atom. The van der Waals surface area contributed by atoms with Crippen LogP contribution in [0.3, 0.4) is 0 Å². The minimum atomic E-state index is -0.933. The standard InChI is InChI=1S/C8H15NO2.C6H14N2O2/c9-5-6-1-3-7(4-2-6)8(10)11;7-4-2-1-3-5(8)6(9)10/h6-7H,1-5,9H2,(H,10,11);5H,1-4,7-8H2,(H,9,10)/t6-,7-;5-/m.0/s1. The van der Waals surface area contributed by atoms with Crippen molar-refractivity contribution in [2.45, 2.75) is 51.0 Å². The van der Waals surface area contributed by atoms with E-state index in [1.54, 1.807) is 0 Å². The molecule has 0 radical (unpaired) electrons. The van der Waals surface area contributed by atoms with Crippen molar-refractivity contribution in [1.29, 1.82) is 0 Å². The van der Waals surface area contributed by atoms with Gasteiger partial charge in [0.05, 0.1) is 5.92 Å². The van der Waals surface area contributed by atoms with Gasteiger partial charge in [0.25, 0.3) is 0 Å². The van der Waals surface area contributed by atoms with Gasteiger partial charge in [-0.15, -0.1) is 0 Å². The maximum absolute atomic E-state index is 10.5. The fraction of sp³-hybridized carbons (Fsp3) is 0.857. The van der Waals surface area contributed by atoms with E-state index in [1.807, 2.05) is 0 Å². The Morgan fingerprint density at radius 3 is 2.00 bits per heavy atom. The smallest absolute Gasteiger partial charge is 0.320 e. The van der Waals surface area contributed by atoms with Gasteiger partial charge in [-0.25, -0.2) is 0 Å². The molecule has 1 aliphatic rings. The van der Waals surface area contributed by atoms with Crippen LogP contribution in [0.4, 0.5) is 0 Å². The maximum atomic E-state index is 10.5. The van der Waals surface area contributed by atoms with Crippen LogP contribution in [-0.4, -0.2) is 41.3 Å². The van der Waals surface area contributed by atoms with E-state index in [0.717, 1.165) is 38.5 Å². The summed E-state index contributed by atoms with van der Waals surface area (Å²) in [7, 11) is 0. The average molecular weight is 303 g/mol. The molecule has 0 amide bonds. The van der Waals surface area contributed by atoms with E-state index < -0.39 is 18.0 Å². The first-order valence-electron chi connectivity index (χ1n) is 7.53. The van der Waals surface area contributed by atoms with Gasteiger partial charge in [0.1, 0.15) is 6.04 Å². The Hall–Kier alpha value is -1.18. The van der Waals surface area contributed by atoms with Crippen molar-refractivity contribution < 1.29 is 19.8 Å². The quantitative estimate of drug-likeness (QED) is 0.426. The zero-order valence-corrected chi connectivity index (χ0v) is 12.5. The molecule has 0 spiro atoms. The van der Waals surface area contributed by atoms with Crippen molar-refractivity contribution in [2.75, 3.05) is 13.1 Å². The van der Waals surface area contributed by atoms with Crippen molar-refractivity contribution in [3.63, 3.8) is 0 Å². The van der Waals surface area contributed by atoms with E-state index in [1.165, 1.54) is 0 Å². The molecule has 0 heterocycles. The van der Waals surface area contributed by atoms with Gasteiger partial charge in [-0.3, -0.25) is 9.59 Å². The summed E-state index contributed by atoms with van der Waals surface area (Å²) in [5.74, 6) is -1.10. The maximum Gasteiger partial charge on any atom is 0.320 e. The van der Waals surface area contributed by atoms with Crippen molar-refractivity contribution >= 4 is 11.9 Å². The Kier molecular flexibility index (Phi) is 10.8. The molecule has 1 aliphatic carbocycles. The highest BCUT2D eigenvalue weighted by molar-refractivity contribution is 5.72. The van der Waals surface area contributed by atoms with Gasteiger partial charge in [-0.1, -0.05) is 6.42 Å². The Balaban J connectivity index is 0.000000384. The molecular formula is C14H29N3O4. The van der Waals surface area contributed by atoms with Crippen LogP contribution < -0.4 is 17.2 Å². The van der Waals surface area contributed by atoms with Gasteiger partial charge < -0.3 is 27.4 Å². The third kappa shape index (κ3) is 9.38. The normalized spacial score (nSPS) is 22.8. The number of carboxylic acids is 2. The Bertz CT molecular complexity index is 305. The van der Waals surface area contributed by atoms with E-state index in [2.05, 4.69) is 0 Å². The monoisotopic (exact) mass is 303 g/mol. The van der Waals surface area contributed by atoms with E-state index in [-0.39, 0.29) is 5.92 Å². The molecule has 1 fully saturated rings. The molecule has 1 atom stereocenters. The lowest BCUT2D eigenvalue weighted by Crippen LogP contribution is -2.29. The van der Waals surface area contributed by atoms with Gasteiger partial charge in [-0.05, 0) is 57.5 Å². The molecule has 0 saturated heterocycles. The molecular weight excluding hydrogens is 274 g/mol. The minimum absolute atomic E-state index is 0.0993. The van der Waals surface area contributed by atoms with Crippen LogP contribution in [0.25, 0.3) is 0 Å². The molecule has 21 heavy (non-hydrogen) atoms. The largest absolute Gasteiger partial charge is 0.481 e. The fourth-order valence-electron chi connectivity index (χ4n) is 2.28. The molecule has 1 rings (SSSR count).